The van der Waals surface area contributed by atoms with Crippen LogP contribution in [-0.2, 0) is 4.79 Å². The summed E-state index contributed by atoms with van der Waals surface area (Å²) in [5.41, 5.74) is 7.49. The summed E-state index contributed by atoms with van der Waals surface area (Å²) in [6.07, 6.45) is 6.37. The van der Waals surface area contributed by atoms with Gasteiger partial charge in [-0.3, -0.25) is 10.2 Å². The average molecular weight is 353 g/mol. The van der Waals surface area contributed by atoms with E-state index in [4.69, 9.17) is 11.1 Å². The molecule has 0 radical (unpaired) electrons. The molecule has 0 aliphatic rings. The Balaban J connectivity index is 0. The molecule has 0 aliphatic carbocycles. The van der Waals surface area contributed by atoms with E-state index in [1.54, 1.807) is 5.43 Å². The van der Waals surface area contributed by atoms with Crippen LogP contribution in [0.3, 0.4) is 0 Å². The molecule has 0 saturated carbocycles. The van der Waals surface area contributed by atoms with E-state index in [0.29, 0.717) is 32.4 Å². The molecule has 0 unspecified atom stereocenters. The number of nitro groups is 1. The minimum absolute atomic E-state index is 0. The van der Waals surface area contributed by atoms with Gasteiger partial charge in [0.15, 0.2) is 5.03 Å². The fraction of sp³-hybridized carbons (Fsp3) is 0.846. The van der Waals surface area contributed by atoms with Crippen LogP contribution in [0.2, 0.25) is 0 Å². The van der Waals surface area contributed by atoms with Gasteiger partial charge in [-0.25, -0.2) is 10.1 Å². The second-order valence-corrected chi connectivity index (χ2v) is 5.12. The third-order valence-electron chi connectivity index (χ3n) is 3.11. The number of rotatable bonds is 12. The van der Waals surface area contributed by atoms with Crippen LogP contribution in [0.15, 0.2) is 0 Å². The first-order valence-electron chi connectivity index (χ1n) is 7.74. The monoisotopic (exact) mass is 352 g/mol. The molecule has 0 heterocycles. The van der Waals surface area contributed by atoms with Crippen LogP contribution in [-0.4, -0.2) is 36.0 Å². The van der Waals surface area contributed by atoms with Crippen molar-refractivity contribution in [2.45, 2.75) is 57.9 Å². The van der Waals surface area contributed by atoms with Crippen molar-refractivity contribution in [1.82, 2.24) is 16.1 Å². The van der Waals surface area contributed by atoms with Gasteiger partial charge in [0.25, 0.3) is 5.96 Å². The molecular formula is C13H29ClN6O3. The van der Waals surface area contributed by atoms with Gasteiger partial charge in [0.05, 0.1) is 6.04 Å². The maximum Gasteiger partial charge on any atom is 0.251 e. The van der Waals surface area contributed by atoms with Gasteiger partial charge in [-0.1, -0.05) is 31.6 Å². The fourth-order valence-corrected chi connectivity index (χ4v) is 1.86. The Hall–Kier alpha value is -1.61. The number of carbonyl (C=O) groups is 1. The molecule has 6 N–H and O–H groups in total. The van der Waals surface area contributed by atoms with Gasteiger partial charge >= 0.3 is 0 Å². The molecule has 0 spiro atoms. The highest BCUT2D eigenvalue weighted by atomic mass is 35.5. The highest BCUT2D eigenvalue weighted by Gasteiger charge is 2.12. The third kappa shape index (κ3) is 15.1. The number of nitrogens with zero attached hydrogens (tertiary/aromatic N) is 1. The van der Waals surface area contributed by atoms with E-state index >= 15 is 0 Å². The van der Waals surface area contributed by atoms with Gasteiger partial charge in [-0.15, -0.1) is 12.4 Å². The molecule has 0 aromatic heterocycles. The van der Waals surface area contributed by atoms with Crippen LogP contribution in [0.25, 0.3) is 0 Å². The maximum atomic E-state index is 11.7. The van der Waals surface area contributed by atoms with E-state index in [1.807, 2.05) is 0 Å². The molecule has 9 nitrogen and oxygen atoms in total. The highest BCUT2D eigenvalue weighted by molar-refractivity contribution is 5.85. The largest absolute Gasteiger partial charge is 0.355 e. The lowest BCUT2D eigenvalue weighted by Crippen LogP contribution is -2.41. The summed E-state index contributed by atoms with van der Waals surface area (Å²) in [7, 11) is 0. The second-order valence-electron chi connectivity index (χ2n) is 5.12. The lowest BCUT2D eigenvalue weighted by Gasteiger charge is -2.12. The van der Waals surface area contributed by atoms with Crippen LogP contribution in [0.1, 0.15) is 51.9 Å². The van der Waals surface area contributed by atoms with Crippen molar-refractivity contribution in [1.29, 1.82) is 5.41 Å². The third-order valence-corrected chi connectivity index (χ3v) is 3.11. The van der Waals surface area contributed by atoms with E-state index in [2.05, 4.69) is 17.6 Å². The molecule has 0 bridgehead atoms. The molecule has 0 aliphatic heterocycles. The number of halogens is 1. The van der Waals surface area contributed by atoms with Crippen LogP contribution in [0.5, 0.6) is 0 Å². The molecule has 0 saturated heterocycles. The summed E-state index contributed by atoms with van der Waals surface area (Å²) in [5.74, 6) is -0.480. The number of carbonyl (C=O) groups excluding carboxylic acids is 1. The van der Waals surface area contributed by atoms with E-state index < -0.39 is 11.1 Å². The van der Waals surface area contributed by atoms with Crippen molar-refractivity contribution in [3.8, 4) is 0 Å². The Kier molecular flexibility index (Phi) is 15.7. The topological polar surface area (TPSA) is 146 Å². The Morgan fingerprint density at radius 3 is 2.39 bits per heavy atom. The molecule has 1 amide bonds. The summed E-state index contributed by atoms with van der Waals surface area (Å²) in [6, 6.07) is -0.525. The van der Waals surface area contributed by atoms with Crippen molar-refractivity contribution in [3.05, 3.63) is 10.1 Å². The summed E-state index contributed by atoms with van der Waals surface area (Å²) in [6.45, 7) is 3.22. The van der Waals surface area contributed by atoms with E-state index in [-0.39, 0.29) is 24.3 Å². The lowest BCUT2D eigenvalue weighted by molar-refractivity contribution is -0.525. The number of amides is 1. The number of nitrogens with one attached hydrogen (secondary N) is 4. The first kappa shape index (κ1) is 23.7. The Morgan fingerprint density at radius 2 is 1.78 bits per heavy atom. The molecule has 0 aromatic carbocycles. The molecule has 23 heavy (non-hydrogen) atoms. The quantitative estimate of drug-likeness (QED) is 0.116. The molecule has 1 atom stereocenters. The SMILES string of the molecule is CCCCCCNC(=O)[C@@H](N)CCCCNC(=N)N[N+](=O)[O-].Cl. The van der Waals surface area contributed by atoms with Crippen LogP contribution in [0, 0.1) is 15.5 Å². The van der Waals surface area contributed by atoms with Crippen LogP contribution < -0.4 is 21.8 Å². The standard InChI is InChI=1S/C13H28N6O3.ClH/c1-2-3-4-6-9-16-12(20)11(14)8-5-7-10-17-13(15)18-19(21)22;/h11H,2-10,14H2,1H3,(H,16,20)(H3,15,17,18);1H/t11-;/m0./s1. The van der Waals surface area contributed by atoms with E-state index in [9.17, 15) is 14.9 Å². The Labute approximate surface area is 143 Å². The lowest BCUT2D eigenvalue weighted by atomic mass is 10.1. The molecular weight excluding hydrogens is 324 g/mol. The summed E-state index contributed by atoms with van der Waals surface area (Å²) in [5, 5.41) is 21.8. The fourth-order valence-electron chi connectivity index (χ4n) is 1.86. The van der Waals surface area contributed by atoms with Gasteiger partial charge in [0.1, 0.15) is 0 Å². The number of hydrogen-bond acceptors (Lipinski definition) is 5. The molecule has 10 heteroatoms. The molecule has 0 aromatic rings. The van der Waals surface area contributed by atoms with Gasteiger partial charge in [-0.05, 0) is 25.7 Å². The first-order valence-corrected chi connectivity index (χ1v) is 7.74. The first-order chi connectivity index (χ1) is 10.5. The van der Waals surface area contributed by atoms with E-state index in [0.717, 1.165) is 19.3 Å². The zero-order valence-corrected chi connectivity index (χ0v) is 14.4. The summed E-state index contributed by atoms with van der Waals surface area (Å²) in [4.78, 5) is 21.8. The molecule has 136 valence electrons. The van der Waals surface area contributed by atoms with Crippen molar-refractivity contribution in [2.75, 3.05) is 13.1 Å². The van der Waals surface area contributed by atoms with Gasteiger partial charge < -0.3 is 16.4 Å². The molecule has 0 rings (SSSR count). The van der Waals surface area contributed by atoms with Gasteiger partial charge in [0.2, 0.25) is 5.91 Å². The number of guanidine groups is 1. The predicted octanol–water partition coefficient (Wildman–Crippen LogP) is 0.908. The van der Waals surface area contributed by atoms with E-state index in [1.165, 1.54) is 6.42 Å². The number of hydrogen-bond donors (Lipinski definition) is 5. The van der Waals surface area contributed by atoms with Crippen molar-refractivity contribution in [3.63, 3.8) is 0 Å². The number of nitrogens with two attached hydrogens (primary N) is 1. The van der Waals surface area contributed by atoms with Gasteiger partial charge in [0, 0.05) is 13.1 Å². The zero-order chi connectivity index (χ0) is 16.8. The Morgan fingerprint density at radius 1 is 1.17 bits per heavy atom. The van der Waals surface area contributed by atoms with Crippen molar-refractivity contribution < 1.29 is 9.83 Å². The average Bonchev–Trinajstić information content (AvgIpc) is 2.45. The minimum Gasteiger partial charge on any atom is -0.355 e. The molecule has 0 fully saturated rings. The minimum atomic E-state index is -0.796. The van der Waals surface area contributed by atoms with Crippen LogP contribution >= 0.6 is 12.4 Å². The van der Waals surface area contributed by atoms with Crippen molar-refractivity contribution >= 4 is 24.3 Å². The second kappa shape index (κ2) is 15.3. The van der Waals surface area contributed by atoms with Crippen molar-refractivity contribution in [2.24, 2.45) is 5.73 Å². The zero-order valence-electron chi connectivity index (χ0n) is 13.6. The predicted molar refractivity (Wildman–Crippen MR) is 92.1 cm³/mol. The Bertz CT molecular complexity index is 357. The normalized spacial score (nSPS) is 11.0. The highest BCUT2D eigenvalue weighted by Crippen LogP contribution is 2.00. The number of hydrazine groups is 1. The van der Waals surface area contributed by atoms with Crippen LogP contribution in [0.4, 0.5) is 0 Å². The number of unbranched alkanes of at least 4 members (excludes halogenated alkanes) is 4. The van der Waals surface area contributed by atoms with Gasteiger partial charge in [-0.2, -0.15) is 0 Å². The maximum absolute atomic E-state index is 11.7. The smallest absolute Gasteiger partial charge is 0.251 e. The summed E-state index contributed by atoms with van der Waals surface area (Å²) < 4.78 is 0. The summed E-state index contributed by atoms with van der Waals surface area (Å²) >= 11 is 0.